The normalized spacial score (nSPS) is 41.5. The average Bonchev–Trinajstić information content (AvgIpc) is 2.36. The summed E-state index contributed by atoms with van der Waals surface area (Å²) >= 11 is 0. The van der Waals surface area contributed by atoms with Crippen LogP contribution in [0.15, 0.2) is 0 Å². The summed E-state index contributed by atoms with van der Waals surface area (Å²) in [5.41, 5.74) is 1.35. The molecule has 1 saturated heterocycles. The third kappa shape index (κ3) is 2.80. The molecule has 2 aliphatic carbocycles. The lowest BCUT2D eigenvalue weighted by Crippen LogP contribution is -2.49. The van der Waals surface area contributed by atoms with Crippen LogP contribution in [0.4, 0.5) is 0 Å². The second kappa shape index (κ2) is 5.63. The van der Waals surface area contributed by atoms with Gasteiger partial charge in [-0.2, -0.15) is 0 Å². The zero-order valence-electron chi connectivity index (χ0n) is 14.1. The molecule has 1 unspecified atom stereocenters. The van der Waals surface area contributed by atoms with Crippen LogP contribution in [0.25, 0.3) is 0 Å². The molecule has 0 radical (unpaired) electrons. The van der Waals surface area contributed by atoms with Gasteiger partial charge in [0.2, 0.25) is 0 Å². The molecule has 0 bridgehead atoms. The summed E-state index contributed by atoms with van der Waals surface area (Å²) in [6.07, 6.45) is 14.9. The van der Waals surface area contributed by atoms with E-state index in [1.165, 1.54) is 70.9 Å². The highest BCUT2D eigenvalue weighted by molar-refractivity contribution is 4.98. The zero-order valence-corrected chi connectivity index (χ0v) is 14.1. The fourth-order valence-electron chi connectivity index (χ4n) is 5.27. The Labute approximate surface area is 126 Å². The molecule has 1 aliphatic heterocycles. The second-order valence-corrected chi connectivity index (χ2v) is 8.80. The Balaban J connectivity index is 1.59. The maximum atomic E-state index is 2.75. The fourth-order valence-corrected chi connectivity index (χ4v) is 5.27. The smallest absolute Gasteiger partial charge is 0.00956 e. The van der Waals surface area contributed by atoms with E-state index in [-0.39, 0.29) is 0 Å². The van der Waals surface area contributed by atoms with Crippen molar-refractivity contribution in [1.29, 1.82) is 0 Å². The Hall–Kier alpha value is -0.0400. The highest BCUT2D eigenvalue weighted by Gasteiger charge is 2.46. The largest absolute Gasteiger partial charge is 0.300 e. The number of likely N-dealkylation sites (tertiary alicyclic amines) is 1. The van der Waals surface area contributed by atoms with Crippen molar-refractivity contribution in [2.24, 2.45) is 16.7 Å². The summed E-state index contributed by atoms with van der Waals surface area (Å²) < 4.78 is 0. The van der Waals surface area contributed by atoms with Crippen molar-refractivity contribution in [2.75, 3.05) is 13.1 Å². The van der Waals surface area contributed by atoms with Crippen LogP contribution in [0.3, 0.4) is 0 Å². The minimum absolute atomic E-state index is 0.607. The molecule has 0 N–H and O–H groups in total. The highest BCUT2D eigenvalue weighted by Crippen LogP contribution is 2.56. The van der Waals surface area contributed by atoms with Crippen LogP contribution in [-0.2, 0) is 0 Å². The van der Waals surface area contributed by atoms with Crippen molar-refractivity contribution in [2.45, 2.75) is 91.0 Å². The van der Waals surface area contributed by atoms with Gasteiger partial charge < -0.3 is 4.90 Å². The van der Waals surface area contributed by atoms with Gasteiger partial charge in [-0.05, 0) is 81.2 Å². The third-order valence-electron chi connectivity index (χ3n) is 7.14. The number of hydrogen-bond acceptors (Lipinski definition) is 1. The maximum absolute atomic E-state index is 2.75. The Morgan fingerprint density at radius 2 is 1.70 bits per heavy atom. The van der Waals surface area contributed by atoms with Gasteiger partial charge in [0.05, 0.1) is 0 Å². The molecule has 3 rings (SSSR count). The van der Waals surface area contributed by atoms with E-state index in [9.17, 15) is 0 Å². The maximum Gasteiger partial charge on any atom is 0.00956 e. The van der Waals surface area contributed by atoms with Gasteiger partial charge >= 0.3 is 0 Å². The van der Waals surface area contributed by atoms with Crippen LogP contribution >= 0.6 is 0 Å². The predicted molar refractivity (Wildman–Crippen MR) is 86.9 cm³/mol. The van der Waals surface area contributed by atoms with Crippen LogP contribution in [-0.4, -0.2) is 24.0 Å². The topological polar surface area (TPSA) is 3.24 Å². The van der Waals surface area contributed by atoms with E-state index in [1.807, 2.05) is 0 Å². The minimum atomic E-state index is 0.607. The first kappa shape index (κ1) is 14.9. The van der Waals surface area contributed by atoms with Gasteiger partial charge in [0.25, 0.3) is 0 Å². The molecule has 1 atom stereocenters. The van der Waals surface area contributed by atoms with Crippen molar-refractivity contribution >= 4 is 0 Å². The lowest BCUT2D eigenvalue weighted by atomic mass is 9.54. The Kier molecular flexibility index (Phi) is 4.19. The Bertz CT molecular complexity index is 321. The van der Waals surface area contributed by atoms with E-state index in [0.717, 1.165) is 17.4 Å². The molecular formula is C19H35N. The molecule has 1 nitrogen and oxygen atoms in total. The quantitative estimate of drug-likeness (QED) is 0.681. The van der Waals surface area contributed by atoms with Gasteiger partial charge in [-0.15, -0.1) is 0 Å². The summed E-state index contributed by atoms with van der Waals surface area (Å²) in [5, 5.41) is 0. The summed E-state index contributed by atoms with van der Waals surface area (Å²) in [6, 6.07) is 0.953. The standard InChI is InChI=1S/C19H35N/c1-4-6-16-15-19(12-11-18(16,2)3)9-7-17(8-10-19)20-13-5-14-20/h16-17H,4-15H2,1-3H3. The molecule has 0 aromatic rings. The molecule has 3 aliphatic rings. The predicted octanol–water partition coefficient (Wildman–Crippen LogP) is 5.25. The lowest BCUT2D eigenvalue weighted by Gasteiger charge is -2.53. The van der Waals surface area contributed by atoms with Gasteiger partial charge in [0.1, 0.15) is 0 Å². The molecule has 1 heterocycles. The van der Waals surface area contributed by atoms with Crippen molar-refractivity contribution in [3.63, 3.8) is 0 Å². The fraction of sp³-hybridized carbons (Fsp3) is 1.00. The van der Waals surface area contributed by atoms with Gasteiger partial charge in [-0.1, -0.05) is 33.6 Å². The van der Waals surface area contributed by atoms with Gasteiger partial charge in [0, 0.05) is 6.04 Å². The van der Waals surface area contributed by atoms with Crippen LogP contribution in [0.2, 0.25) is 0 Å². The van der Waals surface area contributed by atoms with Crippen LogP contribution in [0.1, 0.15) is 85.0 Å². The number of rotatable bonds is 3. The van der Waals surface area contributed by atoms with E-state index in [2.05, 4.69) is 25.7 Å². The molecule has 0 amide bonds. The molecule has 116 valence electrons. The van der Waals surface area contributed by atoms with E-state index < -0.39 is 0 Å². The first-order chi connectivity index (χ1) is 9.55. The summed E-state index contributed by atoms with van der Waals surface area (Å²) in [6.45, 7) is 10.2. The molecule has 20 heavy (non-hydrogen) atoms. The van der Waals surface area contributed by atoms with E-state index in [0.29, 0.717) is 5.41 Å². The molecule has 0 aromatic heterocycles. The monoisotopic (exact) mass is 277 g/mol. The summed E-state index contributed by atoms with van der Waals surface area (Å²) in [4.78, 5) is 2.75. The third-order valence-corrected chi connectivity index (χ3v) is 7.14. The van der Waals surface area contributed by atoms with Crippen molar-refractivity contribution in [3.8, 4) is 0 Å². The second-order valence-electron chi connectivity index (χ2n) is 8.80. The molecule has 0 aromatic carbocycles. The Morgan fingerprint density at radius 3 is 2.25 bits per heavy atom. The number of nitrogens with zero attached hydrogens (tertiary/aromatic N) is 1. The van der Waals surface area contributed by atoms with E-state index in [1.54, 1.807) is 6.42 Å². The van der Waals surface area contributed by atoms with Crippen molar-refractivity contribution < 1.29 is 0 Å². The van der Waals surface area contributed by atoms with Crippen molar-refractivity contribution in [1.82, 2.24) is 4.90 Å². The first-order valence-corrected chi connectivity index (χ1v) is 9.29. The average molecular weight is 277 g/mol. The molecule has 1 spiro atoms. The van der Waals surface area contributed by atoms with Crippen LogP contribution in [0, 0.1) is 16.7 Å². The molecule has 1 heteroatoms. The Morgan fingerprint density at radius 1 is 1.00 bits per heavy atom. The zero-order chi connectivity index (χ0) is 14.2. The first-order valence-electron chi connectivity index (χ1n) is 9.29. The SMILES string of the molecule is CCCC1CC2(CCC(N3CCC3)CC2)CCC1(C)C. The summed E-state index contributed by atoms with van der Waals surface area (Å²) in [5.74, 6) is 0.988. The van der Waals surface area contributed by atoms with E-state index in [4.69, 9.17) is 0 Å². The van der Waals surface area contributed by atoms with Gasteiger partial charge in [-0.3, -0.25) is 0 Å². The van der Waals surface area contributed by atoms with Crippen LogP contribution in [0.5, 0.6) is 0 Å². The molecule has 2 saturated carbocycles. The molecule has 3 fully saturated rings. The minimum Gasteiger partial charge on any atom is -0.300 e. The number of hydrogen-bond donors (Lipinski definition) is 0. The van der Waals surface area contributed by atoms with Crippen LogP contribution < -0.4 is 0 Å². The van der Waals surface area contributed by atoms with Gasteiger partial charge in [0.15, 0.2) is 0 Å². The molecular weight excluding hydrogens is 242 g/mol. The highest BCUT2D eigenvalue weighted by atomic mass is 15.2. The van der Waals surface area contributed by atoms with Gasteiger partial charge in [-0.25, -0.2) is 0 Å². The summed E-state index contributed by atoms with van der Waals surface area (Å²) in [7, 11) is 0. The van der Waals surface area contributed by atoms with Crippen molar-refractivity contribution in [3.05, 3.63) is 0 Å². The lowest BCUT2D eigenvalue weighted by molar-refractivity contribution is -0.0223. The van der Waals surface area contributed by atoms with E-state index >= 15 is 0 Å².